The van der Waals surface area contributed by atoms with Gasteiger partial charge in [-0.3, -0.25) is 0 Å². The van der Waals surface area contributed by atoms with E-state index >= 15 is 0 Å². The van der Waals surface area contributed by atoms with Gasteiger partial charge in [0.1, 0.15) is 0 Å². The molecule has 0 aromatic rings. The second kappa shape index (κ2) is 60.2. The van der Waals surface area contributed by atoms with Crippen LogP contribution in [0.25, 0.3) is 0 Å². The van der Waals surface area contributed by atoms with Crippen molar-refractivity contribution in [2.24, 2.45) is 0 Å². The summed E-state index contributed by atoms with van der Waals surface area (Å²) in [6.07, 6.45) is 0. The molecular weight excluding hydrogens is 199 g/mol. The Hall–Kier alpha value is 1.21. The summed E-state index contributed by atoms with van der Waals surface area (Å²) >= 11 is 0. The van der Waals surface area contributed by atoms with Crippen LogP contribution in [0.4, 0.5) is 0 Å². The van der Waals surface area contributed by atoms with Crippen LogP contribution in [0, 0.1) is 0 Å². The summed E-state index contributed by atoms with van der Waals surface area (Å²) in [4.78, 5) is 0. The minimum absolute atomic E-state index is 0. The molecule has 0 saturated heterocycles. The first-order valence-electron chi connectivity index (χ1n) is 2.05. The third-order valence-corrected chi connectivity index (χ3v) is 0. The van der Waals surface area contributed by atoms with Gasteiger partial charge >= 0.3 is 0 Å². The van der Waals surface area contributed by atoms with E-state index in [4.69, 9.17) is 10.2 Å². The smallest absolute Gasteiger partial charge is 0.0402 e. The fourth-order valence-corrected chi connectivity index (χ4v) is 0. The quantitative estimate of drug-likeness (QED) is 0.585. The standard InChI is InChI=1S/2C2H6O.2ClH.Ti/c2*1-2-3;;;/h2*3H,2H2,1H3;2*1H;. The van der Waals surface area contributed by atoms with Gasteiger partial charge in [0, 0.05) is 34.9 Å². The zero-order chi connectivity index (χ0) is 5.41. The Bertz CT molecular complexity index is 18.5. The second-order valence-electron chi connectivity index (χ2n) is 0.632. The first-order valence-corrected chi connectivity index (χ1v) is 2.05. The van der Waals surface area contributed by atoms with Gasteiger partial charge in [0.2, 0.25) is 0 Å². The van der Waals surface area contributed by atoms with Crippen LogP contribution in [0.1, 0.15) is 13.8 Å². The van der Waals surface area contributed by atoms with E-state index in [2.05, 4.69) is 0 Å². The van der Waals surface area contributed by atoms with E-state index in [0.29, 0.717) is 0 Å². The maximum atomic E-state index is 7.57. The maximum Gasteiger partial charge on any atom is 0.0402 e. The number of halogens is 2. The molecule has 0 heterocycles. The first-order chi connectivity index (χ1) is 2.83. The van der Waals surface area contributed by atoms with Crippen LogP contribution in [0.3, 0.4) is 0 Å². The summed E-state index contributed by atoms with van der Waals surface area (Å²) in [7, 11) is 0. The molecule has 0 spiro atoms. The van der Waals surface area contributed by atoms with Gasteiger partial charge in [0.25, 0.3) is 0 Å². The minimum Gasteiger partial charge on any atom is -0.397 e. The van der Waals surface area contributed by atoms with Crippen molar-refractivity contribution in [2.45, 2.75) is 13.8 Å². The van der Waals surface area contributed by atoms with Crippen molar-refractivity contribution in [2.75, 3.05) is 13.2 Å². The molecular formula is C4H14Cl2O2Ti. The van der Waals surface area contributed by atoms with Gasteiger partial charge in [0.05, 0.1) is 0 Å². The Morgan fingerprint density at radius 2 is 0.889 bits per heavy atom. The molecule has 60 valence electrons. The molecule has 0 aliphatic carbocycles. The number of rotatable bonds is 0. The van der Waals surface area contributed by atoms with E-state index in [9.17, 15) is 0 Å². The van der Waals surface area contributed by atoms with Crippen LogP contribution in [-0.4, -0.2) is 23.4 Å². The fourth-order valence-electron chi connectivity index (χ4n) is 0. The van der Waals surface area contributed by atoms with Crippen molar-refractivity contribution in [3.8, 4) is 0 Å². The van der Waals surface area contributed by atoms with E-state index in [0.717, 1.165) is 0 Å². The van der Waals surface area contributed by atoms with Crippen LogP contribution in [0.5, 0.6) is 0 Å². The van der Waals surface area contributed by atoms with Gasteiger partial charge in [-0.05, 0) is 13.8 Å². The molecule has 2 N–H and O–H groups in total. The molecule has 0 amide bonds. The van der Waals surface area contributed by atoms with Crippen molar-refractivity contribution < 1.29 is 31.9 Å². The summed E-state index contributed by atoms with van der Waals surface area (Å²) < 4.78 is 0. The molecule has 0 fully saturated rings. The van der Waals surface area contributed by atoms with Crippen molar-refractivity contribution >= 4 is 24.8 Å². The zero-order valence-corrected chi connectivity index (χ0v) is 8.82. The summed E-state index contributed by atoms with van der Waals surface area (Å²) in [6, 6.07) is 0. The van der Waals surface area contributed by atoms with Crippen molar-refractivity contribution in [3.63, 3.8) is 0 Å². The van der Waals surface area contributed by atoms with Gasteiger partial charge in [-0.1, -0.05) is 0 Å². The van der Waals surface area contributed by atoms with Gasteiger partial charge in [-0.25, -0.2) is 0 Å². The molecule has 0 aromatic carbocycles. The second-order valence-corrected chi connectivity index (χ2v) is 0.632. The molecule has 0 bridgehead atoms. The average Bonchev–Trinajstić information content (AvgIpc) is 1.39. The first kappa shape index (κ1) is 31.9. The Morgan fingerprint density at radius 1 is 0.889 bits per heavy atom. The number of aliphatic hydroxyl groups is 2. The Kier molecular flexibility index (Phi) is 213. The Morgan fingerprint density at radius 3 is 0.889 bits per heavy atom. The number of aliphatic hydroxyl groups excluding tert-OH is 2. The van der Waals surface area contributed by atoms with Crippen LogP contribution in [0.15, 0.2) is 0 Å². The van der Waals surface area contributed by atoms with Crippen molar-refractivity contribution in [1.82, 2.24) is 0 Å². The molecule has 0 aliphatic rings. The Labute approximate surface area is 83.7 Å². The SMILES string of the molecule is CCO.CCO.Cl.Cl.[Ti]. The van der Waals surface area contributed by atoms with E-state index in [1.165, 1.54) is 0 Å². The summed E-state index contributed by atoms with van der Waals surface area (Å²) in [5.74, 6) is 0. The molecule has 9 heavy (non-hydrogen) atoms. The number of hydrogen-bond donors (Lipinski definition) is 2. The van der Waals surface area contributed by atoms with Crippen LogP contribution in [0.2, 0.25) is 0 Å². The molecule has 0 aromatic heterocycles. The molecule has 0 aliphatic heterocycles. The minimum atomic E-state index is 0. The largest absolute Gasteiger partial charge is 0.397 e. The predicted octanol–water partition coefficient (Wildman–Crippen LogP) is 0.838. The average molecular weight is 213 g/mol. The van der Waals surface area contributed by atoms with E-state index in [1.54, 1.807) is 13.8 Å². The Balaban J connectivity index is -0.00000000889. The third kappa shape index (κ3) is 325. The molecule has 0 atom stereocenters. The predicted molar refractivity (Wildman–Crippen MR) is 40.0 cm³/mol. The van der Waals surface area contributed by atoms with E-state index in [1.807, 2.05) is 0 Å². The van der Waals surface area contributed by atoms with Gasteiger partial charge in [-0.2, -0.15) is 0 Å². The van der Waals surface area contributed by atoms with Gasteiger partial charge in [-0.15, -0.1) is 24.8 Å². The third-order valence-electron chi connectivity index (χ3n) is 0. The molecule has 2 nitrogen and oxygen atoms in total. The molecule has 0 saturated carbocycles. The normalized spacial score (nSPS) is 4.00. The summed E-state index contributed by atoms with van der Waals surface area (Å²) in [5.41, 5.74) is 0. The van der Waals surface area contributed by atoms with E-state index in [-0.39, 0.29) is 59.7 Å². The van der Waals surface area contributed by atoms with Gasteiger partial charge in [0.15, 0.2) is 0 Å². The topological polar surface area (TPSA) is 40.5 Å². The van der Waals surface area contributed by atoms with Crippen LogP contribution >= 0.6 is 24.8 Å². The van der Waals surface area contributed by atoms with Crippen molar-refractivity contribution in [3.05, 3.63) is 0 Å². The number of hydrogen-bond acceptors (Lipinski definition) is 2. The summed E-state index contributed by atoms with van der Waals surface area (Å²) in [5, 5.41) is 15.1. The molecule has 0 rings (SSSR count). The molecule has 5 heteroatoms. The van der Waals surface area contributed by atoms with E-state index < -0.39 is 0 Å². The van der Waals surface area contributed by atoms with Crippen LogP contribution in [-0.2, 0) is 21.7 Å². The fraction of sp³-hybridized carbons (Fsp3) is 1.00. The maximum absolute atomic E-state index is 7.57. The summed E-state index contributed by atoms with van der Waals surface area (Å²) in [6.45, 7) is 3.86. The van der Waals surface area contributed by atoms with Crippen molar-refractivity contribution in [1.29, 1.82) is 0 Å². The molecule has 0 unspecified atom stereocenters. The monoisotopic (exact) mass is 212 g/mol. The molecule has 0 radical (unpaired) electrons. The van der Waals surface area contributed by atoms with Crippen LogP contribution < -0.4 is 0 Å². The zero-order valence-electron chi connectivity index (χ0n) is 5.63. The van der Waals surface area contributed by atoms with Gasteiger partial charge < -0.3 is 10.2 Å².